The molecule has 1 atom stereocenters. The van der Waals surface area contributed by atoms with Crippen LogP contribution in [0.3, 0.4) is 0 Å². The van der Waals surface area contributed by atoms with Crippen LogP contribution in [0.5, 0.6) is 5.75 Å². The van der Waals surface area contributed by atoms with Crippen LogP contribution in [0.25, 0.3) is 0 Å². The lowest BCUT2D eigenvalue weighted by Crippen LogP contribution is -2.30. The summed E-state index contributed by atoms with van der Waals surface area (Å²) in [6, 6.07) is 6.06. The van der Waals surface area contributed by atoms with E-state index in [2.05, 4.69) is 5.32 Å². The quantitative estimate of drug-likeness (QED) is 0.528. The fourth-order valence-electron chi connectivity index (χ4n) is 2.37. The maximum absolute atomic E-state index is 13.7. The molecule has 0 saturated carbocycles. The lowest BCUT2D eigenvalue weighted by Gasteiger charge is -2.15. The molecule has 0 fully saturated rings. The Kier molecular flexibility index (Phi) is 7.60. The number of halogens is 3. The summed E-state index contributed by atoms with van der Waals surface area (Å²) < 4.78 is 55.5. The predicted molar refractivity (Wildman–Crippen MR) is 98.1 cm³/mol. The molecule has 6 nitrogen and oxygen atoms in total. The fourth-order valence-corrected chi connectivity index (χ4v) is 2.37. The van der Waals surface area contributed by atoms with Gasteiger partial charge in [-0.05, 0) is 44.2 Å². The molecule has 9 heteroatoms. The van der Waals surface area contributed by atoms with Gasteiger partial charge in [0.15, 0.2) is 23.6 Å². The van der Waals surface area contributed by atoms with E-state index in [0.29, 0.717) is 24.0 Å². The number of hydrogen-bond donors (Lipinski definition) is 1. The van der Waals surface area contributed by atoms with E-state index in [1.807, 2.05) is 6.92 Å². The minimum atomic E-state index is -1.72. The van der Waals surface area contributed by atoms with Gasteiger partial charge in [-0.1, -0.05) is 0 Å². The number of anilines is 1. The van der Waals surface area contributed by atoms with Crippen molar-refractivity contribution in [1.82, 2.24) is 0 Å². The molecular formula is C20H20F3NO5. The summed E-state index contributed by atoms with van der Waals surface area (Å²) in [5.74, 6) is -5.85. The van der Waals surface area contributed by atoms with Crippen LogP contribution in [0.2, 0.25) is 0 Å². The first-order chi connectivity index (χ1) is 13.8. The molecule has 2 aromatic rings. The van der Waals surface area contributed by atoms with E-state index in [1.165, 1.54) is 26.2 Å². The zero-order chi connectivity index (χ0) is 21.6. The third kappa shape index (κ3) is 5.47. The van der Waals surface area contributed by atoms with Gasteiger partial charge >= 0.3 is 5.97 Å². The number of carbonyl (C=O) groups is 2. The number of esters is 1. The number of rotatable bonds is 8. The van der Waals surface area contributed by atoms with E-state index in [0.717, 1.165) is 6.07 Å². The van der Waals surface area contributed by atoms with E-state index in [-0.39, 0.29) is 12.2 Å². The molecule has 0 aliphatic heterocycles. The molecular weight excluding hydrogens is 391 g/mol. The highest BCUT2D eigenvalue weighted by Crippen LogP contribution is 2.22. The fraction of sp³-hybridized carbons (Fsp3) is 0.300. The third-order valence-corrected chi connectivity index (χ3v) is 3.92. The van der Waals surface area contributed by atoms with Crippen molar-refractivity contribution in [2.75, 3.05) is 19.0 Å². The molecule has 2 aromatic carbocycles. The average Bonchev–Trinajstić information content (AvgIpc) is 2.72. The maximum atomic E-state index is 13.7. The standard InChI is InChI=1S/C20H20F3NO5/c1-4-28-10-13-9-12(5-8-16(13)27-3)20(26)29-11(2)19(25)24-15-7-6-14(21)17(22)18(15)23/h5-9,11H,4,10H2,1-3H3,(H,24,25)/t11-/m1/s1. The number of ether oxygens (including phenoxy) is 3. The Morgan fingerprint density at radius 1 is 1.10 bits per heavy atom. The SMILES string of the molecule is CCOCc1cc(C(=O)O[C@H](C)C(=O)Nc2ccc(F)c(F)c2F)ccc1OC. The van der Waals surface area contributed by atoms with Crippen LogP contribution < -0.4 is 10.1 Å². The van der Waals surface area contributed by atoms with Crippen molar-refractivity contribution in [3.63, 3.8) is 0 Å². The highest BCUT2D eigenvalue weighted by atomic mass is 19.2. The van der Waals surface area contributed by atoms with E-state index in [1.54, 1.807) is 6.07 Å². The Morgan fingerprint density at radius 3 is 2.48 bits per heavy atom. The molecule has 0 radical (unpaired) electrons. The molecule has 0 spiro atoms. The van der Waals surface area contributed by atoms with Crippen LogP contribution in [-0.4, -0.2) is 31.7 Å². The summed E-state index contributed by atoms with van der Waals surface area (Å²) in [5, 5.41) is 2.05. The molecule has 0 heterocycles. The molecule has 1 amide bonds. The number of amides is 1. The summed E-state index contributed by atoms with van der Waals surface area (Å²) >= 11 is 0. The second kappa shape index (κ2) is 9.92. The summed E-state index contributed by atoms with van der Waals surface area (Å²) in [6.07, 6.45) is -1.33. The Morgan fingerprint density at radius 2 is 1.83 bits per heavy atom. The molecule has 29 heavy (non-hydrogen) atoms. The first-order valence-corrected chi connectivity index (χ1v) is 8.68. The summed E-state index contributed by atoms with van der Waals surface area (Å²) in [7, 11) is 1.48. The van der Waals surface area contributed by atoms with Crippen molar-refractivity contribution in [2.45, 2.75) is 26.6 Å². The largest absolute Gasteiger partial charge is 0.496 e. The van der Waals surface area contributed by atoms with Gasteiger partial charge < -0.3 is 19.5 Å². The van der Waals surface area contributed by atoms with Crippen molar-refractivity contribution in [1.29, 1.82) is 0 Å². The van der Waals surface area contributed by atoms with E-state index < -0.39 is 41.1 Å². The molecule has 156 valence electrons. The van der Waals surface area contributed by atoms with Gasteiger partial charge in [0.05, 0.1) is 25.0 Å². The molecule has 0 aromatic heterocycles. The van der Waals surface area contributed by atoms with Gasteiger partial charge in [0, 0.05) is 12.2 Å². The minimum absolute atomic E-state index is 0.152. The smallest absolute Gasteiger partial charge is 0.338 e. The van der Waals surface area contributed by atoms with Crippen molar-refractivity contribution in [2.24, 2.45) is 0 Å². The van der Waals surface area contributed by atoms with E-state index in [4.69, 9.17) is 14.2 Å². The van der Waals surface area contributed by atoms with Gasteiger partial charge in [0.1, 0.15) is 5.75 Å². The number of methoxy groups -OCH3 is 1. The monoisotopic (exact) mass is 411 g/mol. The first-order valence-electron chi connectivity index (χ1n) is 8.68. The highest BCUT2D eigenvalue weighted by Gasteiger charge is 2.22. The number of benzene rings is 2. The molecule has 2 rings (SSSR count). The van der Waals surface area contributed by atoms with Crippen molar-refractivity contribution >= 4 is 17.6 Å². The van der Waals surface area contributed by atoms with Crippen LogP contribution in [0.1, 0.15) is 29.8 Å². The van der Waals surface area contributed by atoms with E-state index in [9.17, 15) is 22.8 Å². The second-order valence-corrected chi connectivity index (χ2v) is 5.92. The van der Waals surface area contributed by atoms with Gasteiger partial charge in [-0.25, -0.2) is 18.0 Å². The second-order valence-electron chi connectivity index (χ2n) is 5.92. The van der Waals surface area contributed by atoms with Crippen molar-refractivity contribution < 1.29 is 37.0 Å². The van der Waals surface area contributed by atoms with Gasteiger partial charge in [0.25, 0.3) is 5.91 Å². The maximum Gasteiger partial charge on any atom is 0.338 e. The Balaban J connectivity index is 2.08. The molecule has 1 N–H and O–H groups in total. The lowest BCUT2D eigenvalue weighted by molar-refractivity contribution is -0.123. The third-order valence-electron chi connectivity index (χ3n) is 3.92. The van der Waals surface area contributed by atoms with Crippen LogP contribution in [0.15, 0.2) is 30.3 Å². The molecule has 0 bridgehead atoms. The molecule has 0 saturated heterocycles. The van der Waals surface area contributed by atoms with Gasteiger partial charge in [-0.2, -0.15) is 0 Å². The summed E-state index contributed by atoms with van der Waals surface area (Å²) in [5.41, 5.74) is 0.198. The number of carbonyl (C=O) groups excluding carboxylic acids is 2. The van der Waals surface area contributed by atoms with Gasteiger partial charge in [0.2, 0.25) is 0 Å². The number of nitrogens with one attached hydrogen (secondary N) is 1. The summed E-state index contributed by atoms with van der Waals surface area (Å²) in [6.45, 7) is 3.76. The van der Waals surface area contributed by atoms with Crippen molar-refractivity contribution in [3.05, 3.63) is 58.9 Å². The zero-order valence-corrected chi connectivity index (χ0v) is 16.1. The van der Waals surface area contributed by atoms with Crippen LogP contribution in [0, 0.1) is 17.5 Å². The minimum Gasteiger partial charge on any atom is -0.496 e. The topological polar surface area (TPSA) is 73.9 Å². The van der Waals surface area contributed by atoms with Crippen LogP contribution in [0.4, 0.5) is 18.9 Å². The average molecular weight is 411 g/mol. The number of hydrogen-bond acceptors (Lipinski definition) is 5. The summed E-state index contributed by atoms with van der Waals surface area (Å²) in [4.78, 5) is 24.5. The lowest BCUT2D eigenvalue weighted by atomic mass is 10.1. The van der Waals surface area contributed by atoms with E-state index >= 15 is 0 Å². The van der Waals surface area contributed by atoms with Crippen LogP contribution in [-0.2, 0) is 20.9 Å². The Hall–Kier alpha value is -3.07. The first kappa shape index (κ1) is 22.2. The Labute approximate surface area is 165 Å². The normalized spacial score (nSPS) is 11.7. The van der Waals surface area contributed by atoms with Gasteiger partial charge in [-0.15, -0.1) is 0 Å². The zero-order valence-electron chi connectivity index (χ0n) is 16.1. The van der Waals surface area contributed by atoms with Crippen LogP contribution >= 0.6 is 0 Å². The predicted octanol–water partition coefficient (Wildman–Crippen LogP) is 3.83. The molecule has 0 unspecified atom stereocenters. The Bertz CT molecular complexity index is 904. The highest BCUT2D eigenvalue weighted by molar-refractivity contribution is 5.97. The van der Waals surface area contributed by atoms with Gasteiger partial charge in [-0.3, -0.25) is 4.79 Å². The van der Waals surface area contributed by atoms with Crippen molar-refractivity contribution in [3.8, 4) is 5.75 Å². The molecule has 0 aliphatic rings. The molecule has 0 aliphatic carbocycles.